The minimum absolute atomic E-state index is 0.109. The van der Waals surface area contributed by atoms with Crippen LogP contribution in [-0.2, 0) is 4.74 Å². The Labute approximate surface area is 123 Å². The van der Waals surface area contributed by atoms with Gasteiger partial charge in [0, 0.05) is 5.41 Å². The second-order valence-corrected chi connectivity index (χ2v) is 6.96. The molecule has 0 aromatic heterocycles. The summed E-state index contributed by atoms with van der Waals surface area (Å²) in [5.74, 6) is -0.394. The molecule has 0 bridgehead atoms. The van der Waals surface area contributed by atoms with Crippen LogP contribution in [0.25, 0.3) is 0 Å². The zero-order valence-corrected chi connectivity index (χ0v) is 13.1. The Morgan fingerprint density at radius 3 is 2.50 bits per heavy atom. The smallest absolute Gasteiger partial charge is 0.338 e. The number of esters is 1. The largest absolute Gasteiger partial charge is 0.461 e. The Balaban J connectivity index is 2.64. The van der Waals surface area contributed by atoms with E-state index in [1.807, 2.05) is 6.07 Å². The third-order valence-corrected chi connectivity index (χ3v) is 2.82. The van der Waals surface area contributed by atoms with Gasteiger partial charge in [0.1, 0.15) is 6.61 Å². The lowest BCUT2D eigenvalue weighted by atomic mass is 9.93. The fourth-order valence-electron chi connectivity index (χ4n) is 1.28. The molecule has 98 valence electrons. The van der Waals surface area contributed by atoms with Crippen LogP contribution >= 0.6 is 31.9 Å². The van der Waals surface area contributed by atoms with E-state index in [9.17, 15) is 9.90 Å². The number of aliphatic hydroxyl groups is 1. The van der Waals surface area contributed by atoms with Crippen molar-refractivity contribution in [2.75, 3.05) is 13.2 Å². The van der Waals surface area contributed by atoms with Crippen molar-refractivity contribution in [2.45, 2.75) is 6.92 Å². The van der Waals surface area contributed by atoms with Crippen LogP contribution in [-0.4, -0.2) is 24.3 Å². The van der Waals surface area contributed by atoms with E-state index in [2.05, 4.69) is 31.9 Å². The van der Waals surface area contributed by atoms with Crippen LogP contribution < -0.4 is 0 Å². The van der Waals surface area contributed by atoms with Gasteiger partial charge in [0.2, 0.25) is 0 Å². The Morgan fingerprint density at radius 2 is 2.00 bits per heavy atom. The van der Waals surface area contributed by atoms with Gasteiger partial charge in [-0.3, -0.25) is 0 Å². The van der Waals surface area contributed by atoms with E-state index in [1.54, 1.807) is 37.3 Å². The van der Waals surface area contributed by atoms with Gasteiger partial charge >= 0.3 is 5.97 Å². The molecule has 1 aromatic rings. The molecular formula is C13H14Br2O3. The van der Waals surface area contributed by atoms with Crippen LogP contribution in [0.2, 0.25) is 0 Å². The number of carbonyl (C=O) groups is 1. The highest BCUT2D eigenvalue weighted by molar-refractivity contribution is 9.28. The summed E-state index contributed by atoms with van der Waals surface area (Å²) in [6.07, 6.45) is 1.76. The van der Waals surface area contributed by atoms with Gasteiger partial charge in [-0.25, -0.2) is 4.79 Å². The monoisotopic (exact) mass is 376 g/mol. The highest BCUT2D eigenvalue weighted by atomic mass is 79.9. The van der Waals surface area contributed by atoms with Crippen LogP contribution in [0.4, 0.5) is 0 Å². The molecule has 1 aromatic carbocycles. The summed E-state index contributed by atoms with van der Waals surface area (Å²) < 4.78 is 5.91. The summed E-state index contributed by atoms with van der Waals surface area (Å²) in [7, 11) is 0. The molecule has 0 saturated heterocycles. The van der Waals surface area contributed by atoms with Crippen LogP contribution in [0.15, 0.2) is 39.8 Å². The maximum Gasteiger partial charge on any atom is 0.338 e. The van der Waals surface area contributed by atoms with E-state index in [4.69, 9.17) is 4.74 Å². The molecule has 1 N–H and O–H groups in total. The number of hydrogen-bond acceptors (Lipinski definition) is 3. The van der Waals surface area contributed by atoms with Gasteiger partial charge in [0.25, 0.3) is 0 Å². The van der Waals surface area contributed by atoms with Crippen molar-refractivity contribution in [3.8, 4) is 0 Å². The van der Waals surface area contributed by atoms with Gasteiger partial charge in [0.15, 0.2) is 0 Å². The lowest BCUT2D eigenvalue weighted by Gasteiger charge is -2.22. The van der Waals surface area contributed by atoms with Crippen molar-refractivity contribution in [2.24, 2.45) is 5.41 Å². The van der Waals surface area contributed by atoms with E-state index >= 15 is 0 Å². The highest BCUT2D eigenvalue weighted by Gasteiger charge is 2.23. The molecule has 1 atom stereocenters. The molecule has 0 aliphatic heterocycles. The lowest BCUT2D eigenvalue weighted by Crippen LogP contribution is -2.27. The number of hydrogen-bond donors (Lipinski definition) is 1. The first-order valence-corrected chi connectivity index (χ1v) is 6.92. The average molecular weight is 378 g/mol. The topological polar surface area (TPSA) is 46.5 Å². The average Bonchev–Trinajstić information content (AvgIpc) is 2.36. The summed E-state index contributed by atoms with van der Waals surface area (Å²) in [6.45, 7) is 1.79. The zero-order valence-electron chi connectivity index (χ0n) is 9.90. The first-order valence-electron chi connectivity index (χ1n) is 5.34. The minimum Gasteiger partial charge on any atom is -0.461 e. The Morgan fingerprint density at radius 1 is 1.39 bits per heavy atom. The second kappa shape index (κ2) is 7.07. The van der Waals surface area contributed by atoms with E-state index in [-0.39, 0.29) is 13.2 Å². The fourth-order valence-corrected chi connectivity index (χ4v) is 2.39. The first kappa shape index (κ1) is 15.4. The molecule has 5 heteroatoms. The molecule has 0 fully saturated rings. The van der Waals surface area contributed by atoms with Gasteiger partial charge in [-0.15, -0.1) is 0 Å². The SMILES string of the molecule is C[C@@](C=C(Br)Br)(CO)COC(=O)c1ccccc1. The van der Waals surface area contributed by atoms with Crippen molar-refractivity contribution < 1.29 is 14.6 Å². The summed E-state index contributed by atoms with van der Waals surface area (Å²) >= 11 is 6.46. The van der Waals surface area contributed by atoms with E-state index < -0.39 is 11.4 Å². The summed E-state index contributed by atoms with van der Waals surface area (Å²) in [6, 6.07) is 8.76. The molecule has 0 aliphatic rings. The summed E-state index contributed by atoms with van der Waals surface area (Å²) in [5, 5.41) is 9.34. The third-order valence-electron chi connectivity index (χ3n) is 2.36. The van der Waals surface area contributed by atoms with Crippen LogP contribution in [0.3, 0.4) is 0 Å². The number of aliphatic hydroxyl groups excluding tert-OH is 1. The Hall–Kier alpha value is -0.650. The van der Waals surface area contributed by atoms with Gasteiger partial charge in [-0.2, -0.15) is 0 Å². The molecule has 18 heavy (non-hydrogen) atoms. The molecule has 0 saturated carbocycles. The highest BCUT2D eigenvalue weighted by Crippen LogP contribution is 2.26. The summed E-state index contributed by atoms with van der Waals surface area (Å²) in [4.78, 5) is 11.7. The molecule has 0 aliphatic carbocycles. The molecule has 3 nitrogen and oxygen atoms in total. The third kappa shape index (κ3) is 4.92. The van der Waals surface area contributed by atoms with E-state index in [0.29, 0.717) is 8.96 Å². The molecule has 0 spiro atoms. The van der Waals surface area contributed by atoms with Crippen LogP contribution in [0.1, 0.15) is 17.3 Å². The molecule has 0 heterocycles. The van der Waals surface area contributed by atoms with Crippen molar-refractivity contribution in [3.63, 3.8) is 0 Å². The molecule has 0 amide bonds. The summed E-state index contributed by atoms with van der Waals surface area (Å²) in [5.41, 5.74) is -0.119. The van der Waals surface area contributed by atoms with Crippen molar-refractivity contribution in [3.05, 3.63) is 45.4 Å². The normalized spacial score (nSPS) is 13.6. The molecule has 0 radical (unpaired) electrons. The number of rotatable bonds is 5. The maximum absolute atomic E-state index is 11.7. The zero-order chi connectivity index (χ0) is 13.6. The predicted molar refractivity (Wildman–Crippen MR) is 77.9 cm³/mol. The van der Waals surface area contributed by atoms with E-state index in [0.717, 1.165) is 0 Å². The fraction of sp³-hybridized carbons (Fsp3) is 0.308. The van der Waals surface area contributed by atoms with Gasteiger partial charge in [0.05, 0.1) is 15.6 Å². The van der Waals surface area contributed by atoms with Gasteiger partial charge in [-0.05, 0) is 44.0 Å². The minimum atomic E-state index is -0.618. The number of ether oxygens (including phenoxy) is 1. The lowest BCUT2D eigenvalue weighted by molar-refractivity contribution is 0.0289. The van der Waals surface area contributed by atoms with Gasteiger partial charge in [-0.1, -0.05) is 31.2 Å². The van der Waals surface area contributed by atoms with Crippen molar-refractivity contribution >= 4 is 37.8 Å². The second-order valence-electron chi connectivity index (χ2n) is 4.19. The molecule has 1 rings (SSSR count). The Bertz CT molecular complexity index is 427. The Kier molecular flexibility index (Phi) is 6.05. The molecular weight excluding hydrogens is 364 g/mol. The standard InChI is InChI=1S/C13H14Br2O3/c1-13(8-16,7-11(14)15)9-18-12(17)10-5-3-2-4-6-10/h2-7,16H,8-9H2,1H3/t13-/m1/s1. The number of benzene rings is 1. The van der Waals surface area contributed by atoms with Crippen LogP contribution in [0.5, 0.6) is 0 Å². The molecule has 0 unspecified atom stereocenters. The van der Waals surface area contributed by atoms with E-state index in [1.165, 1.54) is 0 Å². The quantitative estimate of drug-likeness (QED) is 0.799. The number of carbonyl (C=O) groups excluding carboxylic acids is 1. The van der Waals surface area contributed by atoms with Crippen LogP contribution in [0, 0.1) is 5.41 Å². The predicted octanol–water partition coefficient (Wildman–Crippen LogP) is 3.47. The van der Waals surface area contributed by atoms with Gasteiger partial charge < -0.3 is 9.84 Å². The number of halogens is 2. The first-order chi connectivity index (χ1) is 8.47. The van der Waals surface area contributed by atoms with Crippen molar-refractivity contribution in [1.29, 1.82) is 0 Å². The maximum atomic E-state index is 11.7. The van der Waals surface area contributed by atoms with Crippen molar-refractivity contribution in [1.82, 2.24) is 0 Å².